The van der Waals surface area contributed by atoms with Crippen LogP contribution in [0.3, 0.4) is 0 Å². The standard InChI is InChI=1S/C18H16ClFO4/c1-22-17-9-12(4-8-18(21)23-2)3-7-16(17)24-11-13-5-6-14(20)10-15(13)19/h3-10H,11H2,1-2H3/b8-4+. The maximum Gasteiger partial charge on any atom is 0.330 e. The SMILES string of the molecule is COC(=O)/C=C/c1ccc(OCc2ccc(F)cc2Cl)c(OC)c1. The van der Waals surface area contributed by atoms with Gasteiger partial charge in [0.2, 0.25) is 0 Å². The first kappa shape index (κ1) is 17.8. The van der Waals surface area contributed by atoms with E-state index >= 15 is 0 Å². The van der Waals surface area contributed by atoms with Crippen molar-refractivity contribution >= 4 is 23.6 Å². The van der Waals surface area contributed by atoms with Crippen molar-refractivity contribution in [3.05, 3.63) is 64.4 Å². The molecular weight excluding hydrogens is 335 g/mol. The summed E-state index contributed by atoms with van der Waals surface area (Å²) in [6.45, 7) is 0.173. The number of ether oxygens (including phenoxy) is 3. The molecule has 0 amide bonds. The zero-order valence-corrected chi connectivity index (χ0v) is 14.0. The Morgan fingerprint density at radius 1 is 1.17 bits per heavy atom. The number of rotatable bonds is 6. The van der Waals surface area contributed by atoms with E-state index < -0.39 is 11.8 Å². The van der Waals surface area contributed by atoms with E-state index in [0.717, 1.165) is 5.56 Å². The van der Waals surface area contributed by atoms with Crippen LogP contribution in [0.2, 0.25) is 5.02 Å². The first-order valence-electron chi connectivity index (χ1n) is 7.04. The first-order valence-corrected chi connectivity index (χ1v) is 7.42. The zero-order valence-electron chi connectivity index (χ0n) is 13.2. The van der Waals surface area contributed by atoms with E-state index in [1.165, 1.54) is 32.4 Å². The minimum Gasteiger partial charge on any atom is -0.493 e. The van der Waals surface area contributed by atoms with Gasteiger partial charge in [-0.25, -0.2) is 9.18 Å². The molecule has 6 heteroatoms. The third kappa shape index (κ3) is 4.73. The topological polar surface area (TPSA) is 44.8 Å². The van der Waals surface area contributed by atoms with Crippen LogP contribution >= 0.6 is 11.6 Å². The van der Waals surface area contributed by atoms with Crippen molar-refractivity contribution in [2.24, 2.45) is 0 Å². The number of halogens is 2. The average Bonchev–Trinajstić information content (AvgIpc) is 2.59. The van der Waals surface area contributed by atoms with E-state index in [-0.39, 0.29) is 6.61 Å². The monoisotopic (exact) mass is 350 g/mol. The van der Waals surface area contributed by atoms with Crippen molar-refractivity contribution in [1.29, 1.82) is 0 Å². The molecule has 0 saturated heterocycles. The number of methoxy groups -OCH3 is 2. The summed E-state index contributed by atoms with van der Waals surface area (Å²) in [4.78, 5) is 11.1. The molecule has 0 aliphatic carbocycles. The first-order chi connectivity index (χ1) is 11.5. The Bertz CT molecular complexity index is 759. The minimum atomic E-state index is -0.444. The predicted octanol–water partition coefficient (Wildman–Crippen LogP) is 4.25. The van der Waals surface area contributed by atoms with Gasteiger partial charge < -0.3 is 14.2 Å². The summed E-state index contributed by atoms with van der Waals surface area (Å²) in [5.41, 5.74) is 1.42. The van der Waals surface area contributed by atoms with Gasteiger partial charge in [0, 0.05) is 11.6 Å². The second kappa shape index (κ2) is 8.36. The Morgan fingerprint density at radius 2 is 1.96 bits per heavy atom. The van der Waals surface area contributed by atoms with Crippen LogP contribution in [0.1, 0.15) is 11.1 Å². The van der Waals surface area contributed by atoms with Gasteiger partial charge in [-0.15, -0.1) is 0 Å². The van der Waals surface area contributed by atoms with Gasteiger partial charge in [-0.1, -0.05) is 23.7 Å². The van der Waals surface area contributed by atoms with Crippen LogP contribution in [0.5, 0.6) is 11.5 Å². The van der Waals surface area contributed by atoms with Crippen LogP contribution in [0, 0.1) is 5.82 Å². The van der Waals surface area contributed by atoms with Gasteiger partial charge in [-0.3, -0.25) is 0 Å². The van der Waals surface area contributed by atoms with E-state index in [2.05, 4.69) is 4.74 Å². The van der Waals surface area contributed by atoms with Crippen molar-refractivity contribution in [3.63, 3.8) is 0 Å². The molecule has 0 atom stereocenters. The van der Waals surface area contributed by atoms with Gasteiger partial charge in [0.15, 0.2) is 11.5 Å². The number of benzene rings is 2. The van der Waals surface area contributed by atoms with Crippen molar-refractivity contribution in [3.8, 4) is 11.5 Å². The lowest BCUT2D eigenvalue weighted by molar-refractivity contribution is -0.134. The molecule has 0 spiro atoms. The van der Waals surface area contributed by atoms with Gasteiger partial charge in [-0.2, -0.15) is 0 Å². The van der Waals surface area contributed by atoms with Crippen molar-refractivity contribution in [2.45, 2.75) is 6.61 Å². The Kier molecular flexibility index (Phi) is 6.21. The molecule has 0 radical (unpaired) electrons. The fourth-order valence-electron chi connectivity index (χ4n) is 1.93. The van der Waals surface area contributed by atoms with Gasteiger partial charge >= 0.3 is 5.97 Å². The zero-order chi connectivity index (χ0) is 17.5. The van der Waals surface area contributed by atoms with Crippen LogP contribution in [0.25, 0.3) is 6.08 Å². The molecule has 24 heavy (non-hydrogen) atoms. The lowest BCUT2D eigenvalue weighted by Crippen LogP contribution is -1.99. The molecule has 0 bridgehead atoms. The molecule has 0 aromatic heterocycles. The highest BCUT2D eigenvalue weighted by atomic mass is 35.5. The maximum atomic E-state index is 13.0. The molecule has 0 fully saturated rings. The fraction of sp³-hybridized carbons (Fsp3) is 0.167. The third-order valence-corrected chi connectivity index (χ3v) is 3.55. The summed E-state index contributed by atoms with van der Waals surface area (Å²) in [5.74, 6) is 0.164. The van der Waals surface area contributed by atoms with E-state index in [9.17, 15) is 9.18 Å². The van der Waals surface area contributed by atoms with Crippen molar-refractivity contribution < 1.29 is 23.4 Å². The maximum absolute atomic E-state index is 13.0. The molecule has 0 unspecified atom stereocenters. The highest BCUT2D eigenvalue weighted by Gasteiger charge is 2.08. The predicted molar refractivity (Wildman–Crippen MR) is 89.8 cm³/mol. The molecule has 126 valence electrons. The molecular formula is C18H16ClFO4. The number of hydrogen-bond donors (Lipinski definition) is 0. The van der Waals surface area contributed by atoms with Crippen LogP contribution in [-0.4, -0.2) is 20.2 Å². The van der Waals surface area contributed by atoms with E-state index in [4.69, 9.17) is 21.1 Å². The number of carbonyl (C=O) groups excluding carboxylic acids is 1. The summed E-state index contributed by atoms with van der Waals surface area (Å²) >= 11 is 5.98. The smallest absolute Gasteiger partial charge is 0.330 e. The van der Waals surface area contributed by atoms with Gasteiger partial charge in [0.1, 0.15) is 12.4 Å². The second-order valence-electron chi connectivity index (χ2n) is 4.79. The highest BCUT2D eigenvalue weighted by Crippen LogP contribution is 2.30. The lowest BCUT2D eigenvalue weighted by atomic mass is 10.2. The Hall–Kier alpha value is -2.53. The molecule has 0 heterocycles. The van der Waals surface area contributed by atoms with Crippen LogP contribution in [0.15, 0.2) is 42.5 Å². The highest BCUT2D eigenvalue weighted by molar-refractivity contribution is 6.31. The Balaban J connectivity index is 2.12. The summed E-state index contributed by atoms with van der Waals surface area (Å²) in [6.07, 6.45) is 2.92. The van der Waals surface area contributed by atoms with Crippen molar-refractivity contribution in [1.82, 2.24) is 0 Å². The van der Waals surface area contributed by atoms with Crippen molar-refractivity contribution in [2.75, 3.05) is 14.2 Å². The van der Waals surface area contributed by atoms with Crippen LogP contribution in [-0.2, 0) is 16.1 Å². The number of esters is 1. The molecule has 2 rings (SSSR count). The third-order valence-electron chi connectivity index (χ3n) is 3.20. The fourth-order valence-corrected chi connectivity index (χ4v) is 2.16. The van der Waals surface area contributed by atoms with E-state index in [1.54, 1.807) is 30.3 Å². The number of hydrogen-bond acceptors (Lipinski definition) is 4. The molecule has 2 aromatic rings. The summed E-state index contributed by atoms with van der Waals surface area (Å²) < 4.78 is 28.6. The van der Waals surface area contributed by atoms with Gasteiger partial charge in [0.05, 0.1) is 19.2 Å². The van der Waals surface area contributed by atoms with E-state index in [0.29, 0.717) is 22.1 Å². The largest absolute Gasteiger partial charge is 0.493 e. The quantitative estimate of drug-likeness (QED) is 0.577. The molecule has 2 aromatic carbocycles. The molecule has 0 aliphatic heterocycles. The van der Waals surface area contributed by atoms with Gasteiger partial charge in [0.25, 0.3) is 0 Å². The number of carbonyl (C=O) groups is 1. The minimum absolute atomic E-state index is 0.173. The summed E-state index contributed by atoms with van der Waals surface area (Å²) in [7, 11) is 2.83. The Labute approximate surface area is 144 Å². The second-order valence-corrected chi connectivity index (χ2v) is 5.20. The normalized spacial score (nSPS) is 10.7. The molecule has 0 N–H and O–H groups in total. The van der Waals surface area contributed by atoms with Crippen LogP contribution in [0.4, 0.5) is 4.39 Å². The lowest BCUT2D eigenvalue weighted by Gasteiger charge is -2.12. The Morgan fingerprint density at radius 3 is 2.62 bits per heavy atom. The van der Waals surface area contributed by atoms with E-state index in [1.807, 2.05) is 0 Å². The molecule has 0 aliphatic rings. The van der Waals surface area contributed by atoms with Crippen LogP contribution < -0.4 is 9.47 Å². The summed E-state index contributed by atoms with van der Waals surface area (Å²) in [6, 6.07) is 9.33. The summed E-state index contributed by atoms with van der Waals surface area (Å²) in [5, 5.41) is 0.298. The molecule has 0 saturated carbocycles. The van der Waals surface area contributed by atoms with Gasteiger partial charge in [-0.05, 0) is 35.9 Å². The average molecular weight is 351 g/mol. The molecule has 4 nitrogen and oxygen atoms in total.